The SMILES string of the molecule is CCN(CCO)C(=O)c1ccc(NC)c(C)c1. The van der Waals surface area contributed by atoms with Crippen LogP contribution in [0.25, 0.3) is 0 Å². The van der Waals surface area contributed by atoms with Gasteiger partial charge in [0, 0.05) is 31.4 Å². The number of carbonyl (C=O) groups excluding carboxylic acids is 1. The third-order valence-corrected chi connectivity index (χ3v) is 2.78. The van der Waals surface area contributed by atoms with Crippen LogP contribution in [0.15, 0.2) is 18.2 Å². The summed E-state index contributed by atoms with van der Waals surface area (Å²) in [4.78, 5) is 13.7. The molecule has 0 bridgehead atoms. The summed E-state index contributed by atoms with van der Waals surface area (Å²) in [5.74, 6) is -0.0349. The van der Waals surface area contributed by atoms with Crippen LogP contribution in [0.3, 0.4) is 0 Å². The molecule has 4 heteroatoms. The van der Waals surface area contributed by atoms with Crippen molar-refractivity contribution in [3.8, 4) is 0 Å². The number of anilines is 1. The maximum absolute atomic E-state index is 12.1. The highest BCUT2D eigenvalue weighted by molar-refractivity contribution is 5.94. The van der Waals surface area contributed by atoms with Crippen molar-refractivity contribution < 1.29 is 9.90 Å². The van der Waals surface area contributed by atoms with Crippen LogP contribution in [0.4, 0.5) is 5.69 Å². The van der Waals surface area contributed by atoms with Crippen molar-refractivity contribution in [2.45, 2.75) is 13.8 Å². The fourth-order valence-electron chi connectivity index (χ4n) is 1.78. The molecule has 0 radical (unpaired) electrons. The van der Waals surface area contributed by atoms with E-state index >= 15 is 0 Å². The number of rotatable bonds is 5. The normalized spacial score (nSPS) is 10.1. The van der Waals surface area contributed by atoms with Crippen LogP contribution in [0.5, 0.6) is 0 Å². The van der Waals surface area contributed by atoms with E-state index in [1.807, 2.05) is 33.0 Å². The number of nitrogens with zero attached hydrogens (tertiary/aromatic N) is 1. The number of aliphatic hydroxyl groups is 1. The molecule has 1 amide bonds. The highest BCUT2D eigenvalue weighted by Gasteiger charge is 2.14. The van der Waals surface area contributed by atoms with Gasteiger partial charge in [-0.15, -0.1) is 0 Å². The summed E-state index contributed by atoms with van der Waals surface area (Å²) in [5, 5.41) is 12.0. The predicted molar refractivity (Wildman–Crippen MR) is 69.4 cm³/mol. The summed E-state index contributed by atoms with van der Waals surface area (Å²) in [5.41, 5.74) is 2.72. The van der Waals surface area contributed by atoms with Gasteiger partial charge < -0.3 is 15.3 Å². The fraction of sp³-hybridized carbons (Fsp3) is 0.462. The molecule has 0 aliphatic carbocycles. The number of hydrogen-bond donors (Lipinski definition) is 2. The number of carbonyl (C=O) groups is 1. The van der Waals surface area contributed by atoms with E-state index in [1.165, 1.54) is 0 Å². The third kappa shape index (κ3) is 3.20. The Morgan fingerprint density at radius 1 is 1.47 bits per heavy atom. The summed E-state index contributed by atoms with van der Waals surface area (Å²) in [6.45, 7) is 4.84. The minimum absolute atomic E-state index is 0.00678. The maximum Gasteiger partial charge on any atom is 0.253 e. The maximum atomic E-state index is 12.1. The van der Waals surface area contributed by atoms with Gasteiger partial charge >= 0.3 is 0 Å². The highest BCUT2D eigenvalue weighted by atomic mass is 16.3. The first-order valence-electron chi connectivity index (χ1n) is 5.82. The summed E-state index contributed by atoms with van der Waals surface area (Å²) in [6, 6.07) is 5.57. The first-order chi connectivity index (χ1) is 8.13. The van der Waals surface area contributed by atoms with Crippen molar-refractivity contribution in [2.24, 2.45) is 0 Å². The Morgan fingerprint density at radius 2 is 2.18 bits per heavy atom. The van der Waals surface area contributed by atoms with Crippen LogP contribution in [0.1, 0.15) is 22.8 Å². The van der Waals surface area contributed by atoms with E-state index in [4.69, 9.17) is 5.11 Å². The second-order valence-electron chi connectivity index (χ2n) is 3.89. The average molecular weight is 236 g/mol. The molecule has 0 heterocycles. The summed E-state index contributed by atoms with van der Waals surface area (Å²) >= 11 is 0. The fourth-order valence-corrected chi connectivity index (χ4v) is 1.78. The minimum atomic E-state index is -0.0349. The van der Waals surface area contributed by atoms with Crippen LogP contribution in [-0.4, -0.2) is 42.7 Å². The standard InChI is InChI=1S/C13H20N2O2/c1-4-15(7-8-16)13(17)11-5-6-12(14-3)10(2)9-11/h5-6,9,14,16H,4,7-8H2,1-3H3. The van der Waals surface area contributed by atoms with Crippen molar-refractivity contribution in [3.63, 3.8) is 0 Å². The Labute approximate surface area is 102 Å². The van der Waals surface area contributed by atoms with Gasteiger partial charge in [0.05, 0.1) is 6.61 Å². The second kappa shape index (κ2) is 6.25. The van der Waals surface area contributed by atoms with Gasteiger partial charge in [0.2, 0.25) is 0 Å². The molecular weight excluding hydrogens is 216 g/mol. The van der Waals surface area contributed by atoms with Crippen LogP contribution < -0.4 is 5.32 Å². The molecule has 4 nitrogen and oxygen atoms in total. The van der Waals surface area contributed by atoms with Gasteiger partial charge in [-0.2, -0.15) is 0 Å². The highest BCUT2D eigenvalue weighted by Crippen LogP contribution is 2.16. The van der Waals surface area contributed by atoms with E-state index in [1.54, 1.807) is 11.0 Å². The Morgan fingerprint density at radius 3 is 2.65 bits per heavy atom. The molecule has 94 valence electrons. The number of hydrogen-bond acceptors (Lipinski definition) is 3. The summed E-state index contributed by atoms with van der Waals surface area (Å²) in [7, 11) is 1.86. The molecule has 0 saturated heterocycles. The molecule has 0 aromatic heterocycles. The van der Waals surface area contributed by atoms with Gasteiger partial charge in [0.25, 0.3) is 5.91 Å². The third-order valence-electron chi connectivity index (χ3n) is 2.78. The lowest BCUT2D eigenvalue weighted by Gasteiger charge is -2.20. The zero-order valence-corrected chi connectivity index (χ0v) is 10.7. The molecule has 1 aromatic rings. The van der Waals surface area contributed by atoms with E-state index in [0.29, 0.717) is 18.7 Å². The topological polar surface area (TPSA) is 52.6 Å². The van der Waals surface area contributed by atoms with Gasteiger partial charge in [-0.05, 0) is 37.6 Å². The first kappa shape index (κ1) is 13.5. The van der Waals surface area contributed by atoms with Gasteiger partial charge in [-0.3, -0.25) is 4.79 Å². The molecule has 0 fully saturated rings. The zero-order valence-electron chi connectivity index (χ0n) is 10.7. The predicted octanol–water partition coefficient (Wildman–Crippen LogP) is 1.49. The van der Waals surface area contributed by atoms with Gasteiger partial charge in [-0.25, -0.2) is 0 Å². The number of nitrogens with one attached hydrogen (secondary N) is 1. The second-order valence-corrected chi connectivity index (χ2v) is 3.89. The number of aryl methyl sites for hydroxylation is 1. The Kier molecular flexibility index (Phi) is 4.97. The van der Waals surface area contributed by atoms with Crippen LogP contribution in [0.2, 0.25) is 0 Å². The molecule has 0 atom stereocenters. The van der Waals surface area contributed by atoms with Crippen molar-refractivity contribution >= 4 is 11.6 Å². The van der Waals surface area contributed by atoms with E-state index in [2.05, 4.69) is 5.32 Å². The molecule has 0 spiro atoms. The number of amides is 1. The van der Waals surface area contributed by atoms with E-state index in [-0.39, 0.29) is 12.5 Å². The number of aliphatic hydroxyl groups excluding tert-OH is 1. The van der Waals surface area contributed by atoms with Gasteiger partial charge in [-0.1, -0.05) is 0 Å². The lowest BCUT2D eigenvalue weighted by molar-refractivity contribution is 0.0732. The number of likely N-dealkylation sites (N-methyl/N-ethyl adjacent to an activating group) is 1. The molecule has 0 aliphatic rings. The average Bonchev–Trinajstić information content (AvgIpc) is 2.35. The lowest BCUT2D eigenvalue weighted by atomic mass is 10.1. The summed E-state index contributed by atoms with van der Waals surface area (Å²) in [6.07, 6.45) is 0. The van der Waals surface area contributed by atoms with Crippen molar-refractivity contribution in [3.05, 3.63) is 29.3 Å². The Balaban J connectivity index is 2.92. The van der Waals surface area contributed by atoms with Crippen LogP contribution >= 0.6 is 0 Å². The lowest BCUT2D eigenvalue weighted by Crippen LogP contribution is -2.33. The first-order valence-corrected chi connectivity index (χ1v) is 5.82. The molecule has 17 heavy (non-hydrogen) atoms. The monoisotopic (exact) mass is 236 g/mol. The molecule has 2 N–H and O–H groups in total. The van der Waals surface area contributed by atoms with Gasteiger partial charge in [0.15, 0.2) is 0 Å². The van der Waals surface area contributed by atoms with Crippen LogP contribution in [-0.2, 0) is 0 Å². The smallest absolute Gasteiger partial charge is 0.253 e. The summed E-state index contributed by atoms with van der Waals surface area (Å²) < 4.78 is 0. The van der Waals surface area contributed by atoms with E-state index in [9.17, 15) is 4.79 Å². The number of benzene rings is 1. The van der Waals surface area contributed by atoms with E-state index < -0.39 is 0 Å². The largest absolute Gasteiger partial charge is 0.395 e. The molecule has 0 aliphatic heterocycles. The quantitative estimate of drug-likeness (QED) is 0.814. The molecule has 1 aromatic carbocycles. The van der Waals surface area contributed by atoms with Crippen LogP contribution in [0, 0.1) is 6.92 Å². The van der Waals surface area contributed by atoms with Gasteiger partial charge in [0.1, 0.15) is 0 Å². The minimum Gasteiger partial charge on any atom is -0.395 e. The van der Waals surface area contributed by atoms with Crippen molar-refractivity contribution in [1.29, 1.82) is 0 Å². The Hall–Kier alpha value is -1.55. The zero-order chi connectivity index (χ0) is 12.8. The van der Waals surface area contributed by atoms with Crippen molar-refractivity contribution in [2.75, 3.05) is 32.1 Å². The molecule has 0 saturated carbocycles. The van der Waals surface area contributed by atoms with Crippen molar-refractivity contribution in [1.82, 2.24) is 4.90 Å². The molecule has 1 rings (SSSR count). The molecular formula is C13H20N2O2. The Bertz CT molecular complexity index is 391. The molecule has 0 unspecified atom stereocenters. The van der Waals surface area contributed by atoms with E-state index in [0.717, 1.165) is 11.3 Å².